The lowest BCUT2D eigenvalue weighted by Crippen LogP contribution is -2.29. The van der Waals surface area contributed by atoms with E-state index in [0.29, 0.717) is 25.3 Å². The van der Waals surface area contributed by atoms with Gasteiger partial charge in [-0.1, -0.05) is 30.3 Å². The van der Waals surface area contributed by atoms with Crippen molar-refractivity contribution in [1.82, 2.24) is 9.88 Å². The van der Waals surface area contributed by atoms with Gasteiger partial charge in [0.25, 0.3) is 0 Å². The van der Waals surface area contributed by atoms with E-state index >= 15 is 0 Å². The molecule has 0 saturated carbocycles. The van der Waals surface area contributed by atoms with Crippen molar-refractivity contribution in [3.05, 3.63) is 47.2 Å². The molecule has 0 aliphatic rings. The highest BCUT2D eigenvalue weighted by Gasteiger charge is 2.25. The predicted molar refractivity (Wildman–Crippen MR) is 114 cm³/mol. The van der Waals surface area contributed by atoms with Crippen LogP contribution in [0.5, 0.6) is 0 Å². The average Bonchev–Trinajstić information content (AvgIpc) is 2.92. The van der Waals surface area contributed by atoms with Gasteiger partial charge in [-0.05, 0) is 52.2 Å². The predicted octanol–water partition coefficient (Wildman–Crippen LogP) is 3.88. The Balaban J connectivity index is 2.24. The molecule has 0 aliphatic heterocycles. The summed E-state index contributed by atoms with van der Waals surface area (Å²) in [6.45, 7) is 11.1. The first kappa shape index (κ1) is 22.7. The molecular formula is C23H32N2O4. The second kappa shape index (κ2) is 10.8. The van der Waals surface area contributed by atoms with Crippen molar-refractivity contribution in [2.75, 3.05) is 19.8 Å². The van der Waals surface area contributed by atoms with E-state index in [1.54, 1.807) is 6.92 Å². The third-order valence-electron chi connectivity index (χ3n) is 4.69. The van der Waals surface area contributed by atoms with Crippen LogP contribution in [0.2, 0.25) is 0 Å². The van der Waals surface area contributed by atoms with Gasteiger partial charge in [0.05, 0.1) is 24.0 Å². The molecule has 29 heavy (non-hydrogen) atoms. The Morgan fingerprint density at radius 3 is 2.45 bits per heavy atom. The zero-order chi connectivity index (χ0) is 21.4. The monoisotopic (exact) mass is 400 g/mol. The van der Waals surface area contributed by atoms with Gasteiger partial charge in [-0.25, -0.2) is 4.79 Å². The fourth-order valence-corrected chi connectivity index (χ4v) is 3.38. The maximum Gasteiger partial charge on any atom is 0.340 e. The molecule has 1 aromatic heterocycles. The molecule has 0 saturated heterocycles. The van der Waals surface area contributed by atoms with Crippen molar-refractivity contribution in [2.45, 2.75) is 53.7 Å². The second-order valence-electron chi connectivity index (χ2n) is 7.23. The minimum Gasteiger partial charge on any atom is -0.462 e. The van der Waals surface area contributed by atoms with Crippen molar-refractivity contribution in [3.8, 4) is 11.3 Å². The van der Waals surface area contributed by atoms with Crippen LogP contribution in [0.25, 0.3) is 11.3 Å². The van der Waals surface area contributed by atoms with Crippen molar-refractivity contribution in [3.63, 3.8) is 0 Å². The Kier molecular flexibility index (Phi) is 8.46. The molecule has 0 fully saturated rings. The van der Waals surface area contributed by atoms with Crippen LogP contribution >= 0.6 is 0 Å². The van der Waals surface area contributed by atoms with E-state index in [-0.39, 0.29) is 24.5 Å². The zero-order valence-electron chi connectivity index (χ0n) is 18.1. The van der Waals surface area contributed by atoms with Gasteiger partial charge in [0.1, 0.15) is 6.54 Å². The molecule has 158 valence electrons. The maximum absolute atomic E-state index is 12.6. The zero-order valence-corrected chi connectivity index (χ0v) is 18.1. The molecule has 1 aromatic carbocycles. The Bertz CT molecular complexity index is 825. The van der Waals surface area contributed by atoms with Gasteiger partial charge in [0, 0.05) is 18.8 Å². The van der Waals surface area contributed by atoms with Gasteiger partial charge in [0.15, 0.2) is 0 Å². The van der Waals surface area contributed by atoms with Gasteiger partial charge >= 0.3 is 5.97 Å². The molecule has 2 rings (SSSR count). The summed E-state index contributed by atoms with van der Waals surface area (Å²) in [4.78, 5) is 25.1. The number of nitrogens with zero attached hydrogens (tertiary/aromatic N) is 1. The number of ether oxygens (including phenoxy) is 2. The average molecular weight is 401 g/mol. The quantitative estimate of drug-likeness (QED) is 0.485. The fraction of sp³-hybridized carbons (Fsp3) is 0.478. The Morgan fingerprint density at radius 1 is 1.14 bits per heavy atom. The number of rotatable bonds is 10. The number of carbonyl (C=O) groups is 2. The number of hydrogen-bond acceptors (Lipinski definition) is 4. The van der Waals surface area contributed by atoms with Crippen LogP contribution in [-0.2, 0) is 20.8 Å². The lowest BCUT2D eigenvalue weighted by Gasteiger charge is -2.13. The molecule has 0 aliphatic carbocycles. The van der Waals surface area contributed by atoms with Crippen LogP contribution in [0.4, 0.5) is 0 Å². The summed E-state index contributed by atoms with van der Waals surface area (Å²) in [5.74, 6) is -0.454. The Labute approximate surface area is 173 Å². The Morgan fingerprint density at radius 2 is 1.83 bits per heavy atom. The summed E-state index contributed by atoms with van der Waals surface area (Å²) in [6.07, 6.45) is 0.943. The summed E-state index contributed by atoms with van der Waals surface area (Å²) in [5.41, 5.74) is 3.92. The number of hydrogen-bond donors (Lipinski definition) is 1. The first-order valence-corrected chi connectivity index (χ1v) is 10.2. The molecule has 0 spiro atoms. The van der Waals surface area contributed by atoms with E-state index in [1.165, 1.54) is 0 Å². The van der Waals surface area contributed by atoms with Crippen molar-refractivity contribution in [1.29, 1.82) is 0 Å². The molecule has 0 atom stereocenters. The topological polar surface area (TPSA) is 69.6 Å². The van der Waals surface area contributed by atoms with E-state index in [2.05, 4.69) is 5.32 Å². The van der Waals surface area contributed by atoms with Crippen LogP contribution in [0, 0.1) is 13.8 Å². The molecule has 0 radical (unpaired) electrons. The highest BCUT2D eigenvalue weighted by Crippen LogP contribution is 2.31. The van der Waals surface area contributed by atoms with Gasteiger partial charge in [-0.2, -0.15) is 0 Å². The number of nitrogens with one attached hydrogen (secondary N) is 1. The Hall–Kier alpha value is -2.60. The largest absolute Gasteiger partial charge is 0.462 e. The van der Waals surface area contributed by atoms with E-state index in [0.717, 1.165) is 28.9 Å². The number of carbonyl (C=O) groups excluding carboxylic acids is 2. The van der Waals surface area contributed by atoms with Crippen molar-refractivity contribution < 1.29 is 19.1 Å². The summed E-state index contributed by atoms with van der Waals surface area (Å²) in [6, 6.07) is 9.79. The summed E-state index contributed by atoms with van der Waals surface area (Å²) in [5, 5.41) is 2.94. The van der Waals surface area contributed by atoms with Gasteiger partial charge < -0.3 is 19.4 Å². The smallest absolute Gasteiger partial charge is 0.340 e. The highest BCUT2D eigenvalue weighted by molar-refractivity contribution is 5.95. The number of benzene rings is 1. The minimum atomic E-state index is -0.357. The van der Waals surface area contributed by atoms with Crippen molar-refractivity contribution in [2.24, 2.45) is 0 Å². The lowest BCUT2D eigenvalue weighted by molar-refractivity contribution is -0.121. The third-order valence-corrected chi connectivity index (χ3v) is 4.69. The normalized spacial score (nSPS) is 11.0. The van der Waals surface area contributed by atoms with E-state index in [4.69, 9.17) is 9.47 Å². The van der Waals surface area contributed by atoms with Crippen LogP contribution < -0.4 is 5.32 Å². The summed E-state index contributed by atoms with van der Waals surface area (Å²) in [7, 11) is 0. The molecule has 0 bridgehead atoms. The first-order chi connectivity index (χ1) is 13.9. The summed E-state index contributed by atoms with van der Waals surface area (Å²) >= 11 is 0. The molecular weight excluding hydrogens is 368 g/mol. The molecule has 0 unspecified atom stereocenters. The van der Waals surface area contributed by atoms with Crippen LogP contribution in [0.3, 0.4) is 0 Å². The minimum absolute atomic E-state index is 0.0970. The highest BCUT2D eigenvalue weighted by atomic mass is 16.5. The number of esters is 1. The third kappa shape index (κ3) is 5.94. The maximum atomic E-state index is 12.6. The van der Waals surface area contributed by atoms with Crippen molar-refractivity contribution >= 4 is 11.9 Å². The van der Waals surface area contributed by atoms with Crippen LogP contribution in [0.15, 0.2) is 30.3 Å². The van der Waals surface area contributed by atoms with E-state index in [9.17, 15) is 9.59 Å². The summed E-state index contributed by atoms with van der Waals surface area (Å²) < 4.78 is 12.6. The SMILES string of the molecule is CCOC(=O)c1c(C)c(-c2ccccc2)n(CC(=O)NCCCOC(C)C)c1C. The lowest BCUT2D eigenvalue weighted by atomic mass is 10.1. The van der Waals surface area contributed by atoms with Gasteiger partial charge in [-0.15, -0.1) is 0 Å². The molecule has 1 amide bonds. The van der Waals surface area contributed by atoms with E-state index in [1.807, 2.05) is 62.6 Å². The molecule has 1 heterocycles. The van der Waals surface area contributed by atoms with Crippen LogP contribution in [-0.4, -0.2) is 42.3 Å². The standard InChI is InChI=1S/C23H32N2O4/c1-6-28-23(27)21-17(4)22(19-11-8-7-9-12-19)25(18(21)5)15-20(26)24-13-10-14-29-16(2)3/h7-9,11-12,16H,6,10,13-15H2,1-5H3,(H,24,26). The molecule has 6 heteroatoms. The molecule has 2 aromatic rings. The van der Waals surface area contributed by atoms with Crippen LogP contribution in [0.1, 0.15) is 48.8 Å². The number of aromatic nitrogens is 1. The van der Waals surface area contributed by atoms with Gasteiger partial charge in [-0.3, -0.25) is 4.79 Å². The molecule has 6 nitrogen and oxygen atoms in total. The molecule has 1 N–H and O–H groups in total. The second-order valence-corrected chi connectivity index (χ2v) is 7.23. The van der Waals surface area contributed by atoms with Gasteiger partial charge in [0.2, 0.25) is 5.91 Å². The first-order valence-electron chi connectivity index (χ1n) is 10.2. The number of amides is 1. The fourth-order valence-electron chi connectivity index (χ4n) is 3.38. The van der Waals surface area contributed by atoms with E-state index < -0.39 is 0 Å².